The van der Waals surface area contributed by atoms with Gasteiger partial charge in [0.05, 0.1) is 39.0 Å². The van der Waals surface area contributed by atoms with Crippen LogP contribution in [0.25, 0.3) is 11.3 Å². The normalized spacial score (nSPS) is 14.5. The zero-order valence-corrected chi connectivity index (χ0v) is 17.4. The van der Waals surface area contributed by atoms with Crippen molar-refractivity contribution in [3.63, 3.8) is 0 Å². The Morgan fingerprint density at radius 3 is 2.63 bits per heavy atom. The summed E-state index contributed by atoms with van der Waals surface area (Å²) in [6.45, 7) is 5.97. The van der Waals surface area contributed by atoms with E-state index in [0.29, 0.717) is 18.1 Å². The maximum atomic E-state index is 12.5. The number of aryl methyl sites for hydroxylation is 1. The summed E-state index contributed by atoms with van der Waals surface area (Å²) in [6.07, 6.45) is 0. The van der Waals surface area contributed by atoms with Gasteiger partial charge in [0.15, 0.2) is 6.54 Å². The monoisotopic (exact) mass is 407 g/mol. The molecule has 1 aliphatic rings. The van der Waals surface area contributed by atoms with E-state index in [1.165, 1.54) is 10.5 Å². The highest BCUT2D eigenvalue weighted by molar-refractivity contribution is 5.90. The first-order valence-electron chi connectivity index (χ1n) is 10.2. The predicted molar refractivity (Wildman–Crippen MR) is 116 cm³/mol. The van der Waals surface area contributed by atoms with Gasteiger partial charge in [0.2, 0.25) is 5.88 Å². The number of ether oxygens (including phenoxy) is 1. The fourth-order valence-electron chi connectivity index (χ4n) is 3.73. The number of nitrogens with one attached hydrogen (secondary N) is 2. The van der Waals surface area contributed by atoms with Crippen LogP contribution in [0.5, 0.6) is 5.75 Å². The van der Waals surface area contributed by atoms with Crippen molar-refractivity contribution < 1.29 is 19.0 Å². The molecule has 1 saturated heterocycles. The van der Waals surface area contributed by atoms with Crippen molar-refractivity contribution >= 4 is 17.5 Å². The van der Waals surface area contributed by atoms with E-state index in [-0.39, 0.29) is 5.91 Å². The van der Waals surface area contributed by atoms with Gasteiger partial charge in [-0.05, 0) is 19.1 Å². The SMILES string of the molecule is COc1ccccc1N1CC[NH+](CC(=O)Nc2cc(-c3ccc(C)cc3)no2)CC1. The van der Waals surface area contributed by atoms with E-state index in [1.807, 2.05) is 49.4 Å². The number of carbonyl (C=O) groups excluding carboxylic acids is 1. The minimum Gasteiger partial charge on any atom is -0.495 e. The summed E-state index contributed by atoms with van der Waals surface area (Å²) < 4.78 is 10.8. The van der Waals surface area contributed by atoms with Crippen LogP contribution in [0.15, 0.2) is 59.1 Å². The third kappa shape index (κ3) is 4.63. The van der Waals surface area contributed by atoms with Crippen molar-refractivity contribution in [2.24, 2.45) is 0 Å². The predicted octanol–water partition coefficient (Wildman–Crippen LogP) is 2.00. The zero-order valence-electron chi connectivity index (χ0n) is 17.4. The lowest BCUT2D eigenvalue weighted by Gasteiger charge is -2.33. The third-order valence-corrected chi connectivity index (χ3v) is 5.43. The highest BCUT2D eigenvalue weighted by Gasteiger charge is 2.24. The van der Waals surface area contributed by atoms with Crippen molar-refractivity contribution in [1.29, 1.82) is 0 Å². The number of para-hydroxylation sites is 2. The Labute approximate surface area is 176 Å². The first-order chi connectivity index (χ1) is 14.6. The van der Waals surface area contributed by atoms with Crippen LogP contribution in [-0.2, 0) is 4.79 Å². The molecule has 3 aromatic rings. The van der Waals surface area contributed by atoms with E-state index >= 15 is 0 Å². The quantitative estimate of drug-likeness (QED) is 0.654. The van der Waals surface area contributed by atoms with Gasteiger partial charge in [0, 0.05) is 11.6 Å². The zero-order chi connectivity index (χ0) is 20.9. The van der Waals surface area contributed by atoms with Crippen LogP contribution in [-0.4, -0.2) is 50.9 Å². The van der Waals surface area contributed by atoms with Crippen molar-refractivity contribution in [3.8, 4) is 17.0 Å². The van der Waals surface area contributed by atoms with Crippen molar-refractivity contribution in [1.82, 2.24) is 5.16 Å². The van der Waals surface area contributed by atoms with Gasteiger partial charge in [0.25, 0.3) is 5.91 Å². The summed E-state index contributed by atoms with van der Waals surface area (Å²) >= 11 is 0. The molecule has 0 unspecified atom stereocenters. The average molecular weight is 407 g/mol. The Morgan fingerprint density at radius 2 is 1.90 bits per heavy atom. The molecular formula is C23H27N4O3+. The number of nitrogens with zero attached hydrogens (tertiary/aromatic N) is 2. The molecule has 1 aliphatic heterocycles. The lowest BCUT2D eigenvalue weighted by molar-refractivity contribution is -0.892. The number of benzene rings is 2. The number of piperazine rings is 1. The molecular weight excluding hydrogens is 380 g/mol. The molecule has 0 spiro atoms. The van der Waals surface area contributed by atoms with Crippen molar-refractivity contribution in [2.45, 2.75) is 6.92 Å². The Bertz CT molecular complexity index is 992. The maximum Gasteiger partial charge on any atom is 0.281 e. The molecule has 0 atom stereocenters. The van der Waals surface area contributed by atoms with E-state index < -0.39 is 0 Å². The molecule has 0 bridgehead atoms. The molecule has 0 saturated carbocycles. The van der Waals surface area contributed by atoms with Gasteiger partial charge in [-0.1, -0.05) is 47.1 Å². The Morgan fingerprint density at radius 1 is 1.17 bits per heavy atom. The molecule has 0 aliphatic carbocycles. The van der Waals surface area contributed by atoms with Gasteiger partial charge in [-0.3, -0.25) is 10.1 Å². The molecule has 2 aromatic carbocycles. The highest BCUT2D eigenvalue weighted by atomic mass is 16.5. The van der Waals surface area contributed by atoms with E-state index in [0.717, 1.165) is 43.2 Å². The summed E-state index contributed by atoms with van der Waals surface area (Å²) in [5.41, 5.74) is 3.96. The van der Waals surface area contributed by atoms with E-state index in [9.17, 15) is 4.79 Å². The molecule has 7 nitrogen and oxygen atoms in total. The summed E-state index contributed by atoms with van der Waals surface area (Å²) in [5, 5.41) is 6.89. The Hall–Kier alpha value is -3.32. The minimum atomic E-state index is -0.0673. The van der Waals surface area contributed by atoms with E-state index in [2.05, 4.69) is 21.4 Å². The number of anilines is 2. The molecule has 1 amide bonds. The van der Waals surface area contributed by atoms with Crippen LogP contribution in [0.1, 0.15) is 5.56 Å². The second-order valence-electron chi connectivity index (χ2n) is 7.58. The van der Waals surface area contributed by atoms with Gasteiger partial charge in [-0.2, -0.15) is 0 Å². The first kappa shape index (κ1) is 20.0. The number of methoxy groups -OCH3 is 1. The van der Waals surface area contributed by atoms with Crippen molar-refractivity contribution in [2.75, 3.05) is 50.1 Å². The molecule has 1 fully saturated rings. The minimum absolute atomic E-state index is 0.0673. The van der Waals surface area contributed by atoms with Gasteiger partial charge in [0.1, 0.15) is 11.4 Å². The number of aromatic nitrogens is 1. The topological polar surface area (TPSA) is 72.0 Å². The van der Waals surface area contributed by atoms with E-state index in [4.69, 9.17) is 9.26 Å². The number of hydrogen-bond acceptors (Lipinski definition) is 5. The van der Waals surface area contributed by atoms with Crippen LogP contribution in [0.4, 0.5) is 11.6 Å². The molecule has 156 valence electrons. The van der Waals surface area contributed by atoms with Crippen LogP contribution < -0.4 is 19.9 Å². The largest absolute Gasteiger partial charge is 0.495 e. The first-order valence-corrected chi connectivity index (χ1v) is 10.2. The lowest BCUT2D eigenvalue weighted by Crippen LogP contribution is -3.15. The molecule has 30 heavy (non-hydrogen) atoms. The molecule has 2 N–H and O–H groups in total. The Kier molecular flexibility index (Phi) is 5.99. The second kappa shape index (κ2) is 9.00. The van der Waals surface area contributed by atoms with Gasteiger partial charge < -0.3 is 19.1 Å². The standard InChI is InChI=1S/C23H26N4O3/c1-17-7-9-18(10-8-17)19-15-23(30-25-19)24-22(28)16-26-11-13-27(14-12-26)20-5-3-4-6-21(20)29-2/h3-10,15H,11-14,16H2,1-2H3,(H,24,28)/p+1. The summed E-state index contributed by atoms with van der Waals surface area (Å²) in [5.74, 6) is 1.19. The number of amides is 1. The number of rotatable bonds is 6. The fraction of sp³-hybridized carbons (Fsp3) is 0.304. The van der Waals surface area contributed by atoms with Crippen LogP contribution in [0.3, 0.4) is 0 Å². The summed E-state index contributed by atoms with van der Waals surface area (Å²) in [7, 11) is 1.69. The maximum absolute atomic E-state index is 12.5. The summed E-state index contributed by atoms with van der Waals surface area (Å²) in [4.78, 5) is 16.0. The second-order valence-corrected chi connectivity index (χ2v) is 7.58. The number of carbonyl (C=O) groups is 1. The molecule has 2 heterocycles. The molecule has 1 aromatic heterocycles. The smallest absolute Gasteiger partial charge is 0.281 e. The number of hydrogen-bond donors (Lipinski definition) is 2. The molecule has 7 heteroatoms. The van der Waals surface area contributed by atoms with Gasteiger partial charge >= 0.3 is 0 Å². The number of quaternary nitrogens is 1. The third-order valence-electron chi connectivity index (χ3n) is 5.43. The lowest BCUT2D eigenvalue weighted by atomic mass is 10.1. The highest BCUT2D eigenvalue weighted by Crippen LogP contribution is 2.27. The van der Waals surface area contributed by atoms with Crippen molar-refractivity contribution in [3.05, 3.63) is 60.2 Å². The van der Waals surface area contributed by atoms with Gasteiger partial charge in [-0.15, -0.1) is 0 Å². The van der Waals surface area contributed by atoms with E-state index in [1.54, 1.807) is 13.2 Å². The van der Waals surface area contributed by atoms with Gasteiger partial charge in [-0.25, -0.2) is 0 Å². The molecule has 0 radical (unpaired) electrons. The van der Waals surface area contributed by atoms with Crippen LogP contribution >= 0.6 is 0 Å². The molecule has 4 rings (SSSR count). The summed E-state index contributed by atoms with van der Waals surface area (Å²) in [6, 6.07) is 17.8. The van der Waals surface area contributed by atoms with Crippen LogP contribution in [0.2, 0.25) is 0 Å². The average Bonchev–Trinajstić information content (AvgIpc) is 3.23. The fourth-order valence-corrected chi connectivity index (χ4v) is 3.73. The Balaban J connectivity index is 1.29. The van der Waals surface area contributed by atoms with Crippen LogP contribution in [0, 0.1) is 6.92 Å².